The average Bonchev–Trinajstić information content (AvgIpc) is 2.31. The molecule has 4 nitrogen and oxygen atoms in total. The van der Waals surface area contributed by atoms with Gasteiger partial charge in [0.15, 0.2) is 0 Å². The summed E-state index contributed by atoms with van der Waals surface area (Å²) in [6.07, 6.45) is 1.92. The van der Waals surface area contributed by atoms with E-state index in [1.54, 1.807) is 30.3 Å². The zero-order valence-corrected chi connectivity index (χ0v) is 9.83. The summed E-state index contributed by atoms with van der Waals surface area (Å²) in [5.74, 6) is 0. The van der Waals surface area contributed by atoms with Crippen LogP contribution < -0.4 is 10.0 Å². The second-order valence-electron chi connectivity index (χ2n) is 3.98. The molecule has 0 saturated carbocycles. The van der Waals surface area contributed by atoms with Gasteiger partial charge >= 0.3 is 0 Å². The third-order valence-corrected chi connectivity index (χ3v) is 4.21. The van der Waals surface area contributed by atoms with Crippen molar-refractivity contribution in [3.05, 3.63) is 30.3 Å². The first-order valence-corrected chi connectivity index (χ1v) is 6.95. The summed E-state index contributed by atoms with van der Waals surface area (Å²) in [6, 6.07) is 8.50. The van der Waals surface area contributed by atoms with E-state index in [0.717, 1.165) is 19.4 Å². The predicted octanol–water partition coefficient (Wildman–Crippen LogP) is 0.717. The Morgan fingerprint density at radius 3 is 2.62 bits per heavy atom. The number of benzene rings is 1. The summed E-state index contributed by atoms with van der Waals surface area (Å²) in [5.41, 5.74) is 0. The molecule has 0 amide bonds. The molecule has 0 spiro atoms. The number of hydrogen-bond acceptors (Lipinski definition) is 3. The monoisotopic (exact) mass is 240 g/mol. The minimum Gasteiger partial charge on any atom is -0.315 e. The van der Waals surface area contributed by atoms with E-state index in [1.807, 2.05) is 0 Å². The summed E-state index contributed by atoms with van der Waals surface area (Å²) in [7, 11) is -3.35. The summed E-state index contributed by atoms with van der Waals surface area (Å²) in [4.78, 5) is 0.334. The van der Waals surface area contributed by atoms with E-state index in [9.17, 15) is 8.42 Å². The first-order chi connectivity index (χ1) is 7.68. The van der Waals surface area contributed by atoms with Crippen LogP contribution in [0.1, 0.15) is 12.8 Å². The summed E-state index contributed by atoms with van der Waals surface area (Å²) < 4.78 is 26.6. The molecular weight excluding hydrogens is 224 g/mol. The smallest absolute Gasteiger partial charge is 0.240 e. The van der Waals surface area contributed by atoms with Gasteiger partial charge in [0.05, 0.1) is 4.90 Å². The summed E-state index contributed by atoms with van der Waals surface area (Å²) in [6.45, 7) is 1.69. The van der Waals surface area contributed by atoms with Gasteiger partial charge in [0.2, 0.25) is 10.0 Å². The molecule has 2 N–H and O–H groups in total. The van der Waals surface area contributed by atoms with Crippen molar-refractivity contribution in [1.29, 1.82) is 0 Å². The van der Waals surface area contributed by atoms with Crippen LogP contribution >= 0.6 is 0 Å². The molecule has 1 aliphatic rings. The van der Waals surface area contributed by atoms with Crippen LogP contribution in [0.15, 0.2) is 35.2 Å². The fourth-order valence-electron chi connectivity index (χ4n) is 1.84. The molecular formula is C11H16N2O2S. The van der Waals surface area contributed by atoms with Crippen molar-refractivity contribution in [2.24, 2.45) is 0 Å². The highest BCUT2D eigenvalue weighted by molar-refractivity contribution is 7.89. The highest BCUT2D eigenvalue weighted by Gasteiger charge is 2.20. The molecule has 0 bridgehead atoms. The lowest BCUT2D eigenvalue weighted by Crippen LogP contribution is -2.45. The predicted molar refractivity (Wildman–Crippen MR) is 62.7 cm³/mol. The number of rotatable bonds is 3. The summed E-state index contributed by atoms with van der Waals surface area (Å²) >= 11 is 0. The normalized spacial score (nSPS) is 21.9. The maximum absolute atomic E-state index is 12.0. The van der Waals surface area contributed by atoms with Gasteiger partial charge in [0.25, 0.3) is 0 Å². The van der Waals surface area contributed by atoms with E-state index in [0.29, 0.717) is 11.4 Å². The van der Waals surface area contributed by atoms with Gasteiger partial charge in [-0.1, -0.05) is 18.2 Å². The maximum atomic E-state index is 12.0. The Morgan fingerprint density at radius 2 is 2.00 bits per heavy atom. The Labute approximate surface area is 96.1 Å². The summed E-state index contributed by atoms with van der Waals surface area (Å²) in [5, 5.41) is 3.18. The maximum Gasteiger partial charge on any atom is 0.240 e. The molecule has 16 heavy (non-hydrogen) atoms. The van der Waals surface area contributed by atoms with Gasteiger partial charge < -0.3 is 5.32 Å². The molecule has 2 rings (SSSR count). The van der Waals surface area contributed by atoms with Gasteiger partial charge in [-0.25, -0.2) is 13.1 Å². The molecule has 1 aromatic rings. The standard InChI is InChI=1S/C11H16N2O2S/c14-16(15,11-6-2-1-3-7-11)13-10-5-4-8-12-9-10/h1-3,6-7,10,12-13H,4-5,8-9H2. The van der Waals surface area contributed by atoms with E-state index in [2.05, 4.69) is 10.0 Å². The van der Waals surface area contributed by atoms with Crippen LogP contribution in [0.25, 0.3) is 0 Å². The van der Waals surface area contributed by atoms with Crippen LogP contribution in [0.4, 0.5) is 0 Å². The van der Waals surface area contributed by atoms with Crippen molar-refractivity contribution >= 4 is 10.0 Å². The largest absolute Gasteiger partial charge is 0.315 e. The van der Waals surface area contributed by atoms with Gasteiger partial charge in [-0.05, 0) is 31.5 Å². The number of hydrogen-bond donors (Lipinski definition) is 2. The highest BCUT2D eigenvalue weighted by Crippen LogP contribution is 2.10. The second kappa shape index (κ2) is 4.95. The third kappa shape index (κ3) is 2.81. The Balaban J connectivity index is 2.08. The number of nitrogens with one attached hydrogen (secondary N) is 2. The topological polar surface area (TPSA) is 58.2 Å². The number of piperidine rings is 1. The fraction of sp³-hybridized carbons (Fsp3) is 0.455. The van der Waals surface area contributed by atoms with E-state index in [-0.39, 0.29) is 6.04 Å². The Hall–Kier alpha value is -0.910. The Morgan fingerprint density at radius 1 is 1.25 bits per heavy atom. The molecule has 88 valence electrons. The van der Waals surface area contributed by atoms with Crippen LogP contribution in [-0.2, 0) is 10.0 Å². The molecule has 1 atom stereocenters. The van der Waals surface area contributed by atoms with Crippen LogP contribution in [0.2, 0.25) is 0 Å². The van der Waals surface area contributed by atoms with Crippen molar-refractivity contribution in [3.8, 4) is 0 Å². The Kier molecular flexibility index (Phi) is 3.58. The van der Waals surface area contributed by atoms with Crippen molar-refractivity contribution < 1.29 is 8.42 Å². The molecule has 1 fully saturated rings. The molecule has 1 saturated heterocycles. The van der Waals surface area contributed by atoms with Gasteiger partial charge in [-0.15, -0.1) is 0 Å². The van der Waals surface area contributed by atoms with Crippen LogP contribution in [0, 0.1) is 0 Å². The lowest BCUT2D eigenvalue weighted by Gasteiger charge is -2.23. The van der Waals surface area contributed by atoms with E-state index < -0.39 is 10.0 Å². The third-order valence-electron chi connectivity index (χ3n) is 2.67. The molecule has 0 aliphatic carbocycles. The molecule has 0 aromatic heterocycles. The van der Waals surface area contributed by atoms with Gasteiger partial charge in [-0.2, -0.15) is 0 Å². The van der Waals surface area contributed by atoms with Gasteiger partial charge in [0.1, 0.15) is 0 Å². The van der Waals surface area contributed by atoms with E-state index in [1.165, 1.54) is 0 Å². The molecule has 5 heteroatoms. The zero-order valence-electron chi connectivity index (χ0n) is 9.02. The van der Waals surface area contributed by atoms with Gasteiger partial charge in [-0.3, -0.25) is 0 Å². The molecule has 0 radical (unpaired) electrons. The van der Waals surface area contributed by atoms with Crippen molar-refractivity contribution in [1.82, 2.24) is 10.0 Å². The molecule has 1 unspecified atom stereocenters. The second-order valence-corrected chi connectivity index (χ2v) is 5.69. The quantitative estimate of drug-likeness (QED) is 0.818. The van der Waals surface area contributed by atoms with Crippen LogP contribution in [0.3, 0.4) is 0 Å². The highest BCUT2D eigenvalue weighted by atomic mass is 32.2. The van der Waals surface area contributed by atoms with Crippen molar-refractivity contribution in [3.63, 3.8) is 0 Å². The average molecular weight is 240 g/mol. The zero-order chi connectivity index (χ0) is 11.4. The van der Waals surface area contributed by atoms with Gasteiger partial charge in [0, 0.05) is 12.6 Å². The first kappa shape index (κ1) is 11.6. The Bertz CT molecular complexity index is 425. The molecule has 1 aliphatic heterocycles. The van der Waals surface area contributed by atoms with Crippen molar-refractivity contribution in [2.75, 3.05) is 13.1 Å². The SMILES string of the molecule is O=S(=O)(NC1CCCNC1)c1ccccc1. The minimum atomic E-state index is -3.35. The lowest BCUT2D eigenvalue weighted by atomic mass is 10.1. The van der Waals surface area contributed by atoms with Crippen LogP contribution in [-0.4, -0.2) is 27.5 Å². The van der Waals surface area contributed by atoms with Crippen LogP contribution in [0.5, 0.6) is 0 Å². The van der Waals surface area contributed by atoms with Crippen molar-refractivity contribution in [2.45, 2.75) is 23.8 Å². The van der Waals surface area contributed by atoms with E-state index >= 15 is 0 Å². The fourth-order valence-corrected chi connectivity index (χ4v) is 3.13. The first-order valence-electron chi connectivity index (χ1n) is 5.46. The number of sulfonamides is 1. The molecule has 1 aromatic carbocycles. The molecule has 1 heterocycles. The lowest BCUT2D eigenvalue weighted by molar-refractivity contribution is 0.428. The van der Waals surface area contributed by atoms with E-state index in [4.69, 9.17) is 0 Å². The minimum absolute atomic E-state index is 0.0129.